The number of carbonyl (C=O) groups excluding carboxylic acids is 1. The standard InChI is InChI=1S/C23H32NO2S/c1-5-8-16-26-19-14-15-21(22(17-19)24(6-2)7-3)23(25)18-27(4)20-12-10-9-11-13-20/h9-15,17H,5-8,16,18H2,1-4H3/q+1. The van der Waals surface area contributed by atoms with Gasteiger partial charge in [0.05, 0.1) is 12.3 Å². The van der Waals surface area contributed by atoms with E-state index in [-0.39, 0.29) is 16.7 Å². The van der Waals surface area contributed by atoms with Crippen molar-refractivity contribution in [1.29, 1.82) is 0 Å². The molecule has 4 heteroatoms. The van der Waals surface area contributed by atoms with Gasteiger partial charge in [-0.25, -0.2) is 0 Å². The van der Waals surface area contributed by atoms with E-state index in [4.69, 9.17) is 4.74 Å². The van der Waals surface area contributed by atoms with E-state index in [0.29, 0.717) is 12.4 Å². The van der Waals surface area contributed by atoms with Crippen molar-refractivity contribution in [3.8, 4) is 5.75 Å². The van der Waals surface area contributed by atoms with Crippen LogP contribution in [-0.2, 0) is 10.9 Å². The summed E-state index contributed by atoms with van der Waals surface area (Å²) in [6.07, 6.45) is 4.29. The average molecular weight is 387 g/mol. The Morgan fingerprint density at radius 2 is 1.74 bits per heavy atom. The van der Waals surface area contributed by atoms with E-state index >= 15 is 0 Å². The van der Waals surface area contributed by atoms with Crippen LogP contribution >= 0.6 is 0 Å². The van der Waals surface area contributed by atoms with Crippen LogP contribution < -0.4 is 9.64 Å². The van der Waals surface area contributed by atoms with Crippen molar-refractivity contribution in [3.05, 3.63) is 54.1 Å². The Kier molecular flexibility index (Phi) is 8.73. The van der Waals surface area contributed by atoms with Crippen LogP contribution in [0.3, 0.4) is 0 Å². The first-order chi connectivity index (χ1) is 13.1. The number of benzene rings is 2. The maximum absolute atomic E-state index is 13.1. The van der Waals surface area contributed by atoms with E-state index in [1.54, 1.807) is 0 Å². The summed E-state index contributed by atoms with van der Waals surface area (Å²) in [7, 11) is -0.100. The molecule has 1 atom stereocenters. The fourth-order valence-corrected chi connectivity index (χ4v) is 4.35. The number of Topliss-reactive ketones (excluding diaryl/α,β-unsaturated/α-hetero) is 1. The summed E-state index contributed by atoms with van der Waals surface area (Å²) in [5.41, 5.74) is 1.79. The number of anilines is 1. The molecular formula is C23H32NO2S+. The van der Waals surface area contributed by atoms with Crippen LogP contribution in [-0.4, -0.2) is 37.5 Å². The predicted molar refractivity (Wildman–Crippen MR) is 118 cm³/mol. The van der Waals surface area contributed by atoms with E-state index in [0.717, 1.165) is 42.9 Å². The maximum atomic E-state index is 13.1. The highest BCUT2D eigenvalue weighted by Gasteiger charge is 2.24. The van der Waals surface area contributed by atoms with Gasteiger partial charge in [0.25, 0.3) is 0 Å². The Bertz CT molecular complexity index is 714. The van der Waals surface area contributed by atoms with Gasteiger partial charge in [0.2, 0.25) is 5.78 Å². The van der Waals surface area contributed by atoms with Crippen molar-refractivity contribution in [2.45, 2.75) is 38.5 Å². The second-order valence-corrected chi connectivity index (χ2v) is 8.61. The first-order valence-electron chi connectivity index (χ1n) is 9.83. The zero-order chi connectivity index (χ0) is 19.6. The summed E-state index contributed by atoms with van der Waals surface area (Å²) in [6, 6.07) is 16.2. The zero-order valence-electron chi connectivity index (χ0n) is 17.0. The van der Waals surface area contributed by atoms with Gasteiger partial charge < -0.3 is 9.64 Å². The lowest BCUT2D eigenvalue weighted by Gasteiger charge is -2.24. The molecule has 0 aliphatic heterocycles. The van der Waals surface area contributed by atoms with Crippen molar-refractivity contribution in [3.63, 3.8) is 0 Å². The molecule has 146 valence electrons. The molecular weight excluding hydrogens is 354 g/mol. The van der Waals surface area contributed by atoms with Gasteiger partial charge in [-0.3, -0.25) is 4.79 Å². The number of nitrogens with zero attached hydrogens (tertiary/aromatic N) is 1. The summed E-state index contributed by atoms with van der Waals surface area (Å²) >= 11 is 0. The second-order valence-electron chi connectivity index (χ2n) is 6.57. The molecule has 1 unspecified atom stereocenters. The minimum Gasteiger partial charge on any atom is -0.494 e. The predicted octanol–water partition coefficient (Wildman–Crippen LogP) is 5.20. The number of ether oxygens (including phenoxy) is 1. The average Bonchev–Trinajstić information content (AvgIpc) is 2.70. The molecule has 0 aliphatic carbocycles. The van der Waals surface area contributed by atoms with Crippen molar-refractivity contribution in [2.75, 3.05) is 36.6 Å². The lowest BCUT2D eigenvalue weighted by molar-refractivity contribution is 0.102. The van der Waals surface area contributed by atoms with E-state index in [1.807, 2.05) is 36.4 Å². The molecule has 3 nitrogen and oxygen atoms in total. The van der Waals surface area contributed by atoms with Gasteiger partial charge in [-0.15, -0.1) is 0 Å². The van der Waals surface area contributed by atoms with Crippen LogP contribution in [0.2, 0.25) is 0 Å². The molecule has 0 amide bonds. The first-order valence-corrected chi connectivity index (χ1v) is 11.6. The summed E-state index contributed by atoms with van der Waals surface area (Å²) in [5.74, 6) is 1.58. The number of unbranched alkanes of at least 4 members (excludes halogenated alkanes) is 1. The quantitative estimate of drug-likeness (QED) is 0.302. The van der Waals surface area contributed by atoms with E-state index in [9.17, 15) is 4.79 Å². The highest BCUT2D eigenvalue weighted by Crippen LogP contribution is 2.28. The number of rotatable bonds is 11. The van der Waals surface area contributed by atoms with Crippen LogP contribution in [0.25, 0.3) is 0 Å². The van der Waals surface area contributed by atoms with Crippen molar-refractivity contribution in [2.24, 2.45) is 0 Å². The number of hydrogen-bond donors (Lipinski definition) is 0. The van der Waals surface area contributed by atoms with Crippen molar-refractivity contribution < 1.29 is 9.53 Å². The molecule has 0 bridgehead atoms. The molecule has 27 heavy (non-hydrogen) atoms. The lowest BCUT2D eigenvalue weighted by Crippen LogP contribution is -2.26. The van der Waals surface area contributed by atoms with Gasteiger partial charge in [-0.1, -0.05) is 31.5 Å². The summed E-state index contributed by atoms with van der Waals surface area (Å²) in [6.45, 7) is 8.85. The topological polar surface area (TPSA) is 29.5 Å². The number of ketones is 1. The van der Waals surface area contributed by atoms with Crippen LogP contribution in [0.5, 0.6) is 5.75 Å². The second kappa shape index (κ2) is 11.0. The molecule has 2 aromatic carbocycles. The van der Waals surface area contributed by atoms with Crippen LogP contribution in [0.1, 0.15) is 44.0 Å². The largest absolute Gasteiger partial charge is 0.494 e. The Balaban J connectivity index is 2.23. The zero-order valence-corrected chi connectivity index (χ0v) is 17.8. The summed E-state index contributed by atoms with van der Waals surface area (Å²) in [5, 5.41) is 0. The van der Waals surface area contributed by atoms with Gasteiger partial charge in [-0.05, 0) is 44.5 Å². The van der Waals surface area contributed by atoms with Gasteiger partial charge >= 0.3 is 0 Å². The smallest absolute Gasteiger partial charge is 0.214 e. The van der Waals surface area contributed by atoms with Crippen LogP contribution in [0.15, 0.2) is 53.4 Å². The molecule has 0 spiro atoms. The van der Waals surface area contributed by atoms with Gasteiger partial charge in [0, 0.05) is 35.6 Å². The number of carbonyl (C=O) groups is 1. The molecule has 0 aliphatic rings. The monoisotopic (exact) mass is 386 g/mol. The minimum atomic E-state index is -0.100. The fraction of sp³-hybridized carbons (Fsp3) is 0.435. The molecule has 2 rings (SSSR count). The van der Waals surface area contributed by atoms with E-state index in [1.165, 1.54) is 4.90 Å². The summed E-state index contributed by atoms with van der Waals surface area (Å²) < 4.78 is 5.88. The Morgan fingerprint density at radius 1 is 1.04 bits per heavy atom. The molecule has 0 heterocycles. The molecule has 0 saturated carbocycles. The van der Waals surface area contributed by atoms with Gasteiger partial charge in [0.1, 0.15) is 12.0 Å². The normalized spacial score (nSPS) is 11.9. The van der Waals surface area contributed by atoms with Crippen molar-refractivity contribution >= 4 is 22.4 Å². The van der Waals surface area contributed by atoms with Crippen LogP contribution in [0, 0.1) is 0 Å². The van der Waals surface area contributed by atoms with E-state index < -0.39 is 0 Å². The highest BCUT2D eigenvalue weighted by atomic mass is 32.2. The first kappa shape index (κ1) is 21.4. The molecule has 0 radical (unpaired) electrons. The highest BCUT2D eigenvalue weighted by molar-refractivity contribution is 7.96. The third kappa shape index (κ3) is 6.03. The Morgan fingerprint density at radius 3 is 2.37 bits per heavy atom. The van der Waals surface area contributed by atoms with Crippen LogP contribution in [0.4, 0.5) is 5.69 Å². The number of hydrogen-bond acceptors (Lipinski definition) is 3. The Labute approximate surface area is 167 Å². The fourth-order valence-electron chi connectivity index (χ4n) is 3.01. The van der Waals surface area contributed by atoms with E-state index in [2.05, 4.69) is 44.1 Å². The minimum absolute atomic E-state index is 0.100. The third-order valence-electron chi connectivity index (χ3n) is 4.63. The summed E-state index contributed by atoms with van der Waals surface area (Å²) in [4.78, 5) is 16.6. The molecule has 0 fully saturated rings. The lowest BCUT2D eigenvalue weighted by atomic mass is 10.1. The third-order valence-corrected chi connectivity index (χ3v) is 6.41. The van der Waals surface area contributed by atoms with Gasteiger partial charge in [0.15, 0.2) is 10.6 Å². The molecule has 0 aromatic heterocycles. The molecule has 0 saturated heterocycles. The Hall–Kier alpha value is -1.94. The van der Waals surface area contributed by atoms with Gasteiger partial charge in [-0.2, -0.15) is 0 Å². The SMILES string of the molecule is CCCCOc1ccc(C(=O)C[S+](C)c2ccccc2)c(N(CC)CC)c1. The van der Waals surface area contributed by atoms with Crippen molar-refractivity contribution in [1.82, 2.24) is 0 Å². The molecule has 2 aromatic rings. The maximum Gasteiger partial charge on any atom is 0.214 e. The molecule has 0 N–H and O–H groups in total.